The van der Waals surface area contributed by atoms with Gasteiger partial charge in [0, 0.05) is 0 Å². The van der Waals surface area contributed by atoms with Crippen LogP contribution in [0.3, 0.4) is 0 Å². The fourth-order valence-electron chi connectivity index (χ4n) is 1.46. The summed E-state index contributed by atoms with van der Waals surface area (Å²) in [6.45, 7) is 4.31. The lowest BCUT2D eigenvalue weighted by Crippen LogP contribution is -2.30. The normalized spacial score (nSPS) is 28.5. The number of carbonyl (C=O) groups excluding carboxylic acids is 1. The van der Waals surface area contributed by atoms with Crippen LogP contribution in [0.25, 0.3) is 0 Å². The van der Waals surface area contributed by atoms with Gasteiger partial charge in [-0.1, -0.05) is 12.2 Å². The molecule has 2 heteroatoms. The average molecular weight is 168 g/mol. The molecule has 0 aromatic heterocycles. The molecule has 0 aromatic carbocycles. The van der Waals surface area contributed by atoms with Crippen molar-refractivity contribution in [2.45, 2.75) is 33.1 Å². The SMILES string of the molecule is CCOC(=O)C1(C)CC=CCC1. The maximum Gasteiger partial charge on any atom is 0.312 e. The van der Waals surface area contributed by atoms with Gasteiger partial charge in [0.1, 0.15) is 0 Å². The van der Waals surface area contributed by atoms with Crippen molar-refractivity contribution in [2.24, 2.45) is 5.41 Å². The van der Waals surface area contributed by atoms with Crippen LogP contribution in [0, 0.1) is 5.41 Å². The molecule has 0 radical (unpaired) electrons. The molecule has 1 aliphatic carbocycles. The quantitative estimate of drug-likeness (QED) is 0.467. The second-order valence-electron chi connectivity index (χ2n) is 3.50. The monoisotopic (exact) mass is 168 g/mol. The first-order chi connectivity index (χ1) is 5.69. The van der Waals surface area contributed by atoms with Crippen molar-refractivity contribution < 1.29 is 9.53 Å². The van der Waals surface area contributed by atoms with E-state index in [0.29, 0.717) is 6.61 Å². The molecule has 0 fully saturated rings. The smallest absolute Gasteiger partial charge is 0.312 e. The zero-order chi connectivity index (χ0) is 9.03. The van der Waals surface area contributed by atoms with Crippen LogP contribution in [0.4, 0.5) is 0 Å². The lowest BCUT2D eigenvalue weighted by molar-refractivity contribution is -0.154. The van der Waals surface area contributed by atoms with Crippen LogP contribution < -0.4 is 0 Å². The summed E-state index contributed by atoms with van der Waals surface area (Å²) in [7, 11) is 0. The van der Waals surface area contributed by atoms with Gasteiger partial charge in [0.25, 0.3) is 0 Å². The van der Waals surface area contributed by atoms with Crippen LogP contribution in [0.1, 0.15) is 33.1 Å². The van der Waals surface area contributed by atoms with Crippen LogP contribution in [-0.2, 0) is 9.53 Å². The lowest BCUT2D eigenvalue weighted by Gasteiger charge is -2.27. The largest absolute Gasteiger partial charge is 0.466 e. The summed E-state index contributed by atoms with van der Waals surface area (Å²) in [5.74, 6) is -0.0469. The molecule has 68 valence electrons. The Kier molecular flexibility index (Phi) is 2.90. The minimum Gasteiger partial charge on any atom is -0.466 e. The molecule has 1 rings (SSSR count). The van der Waals surface area contributed by atoms with E-state index in [1.165, 1.54) is 0 Å². The zero-order valence-electron chi connectivity index (χ0n) is 7.80. The topological polar surface area (TPSA) is 26.3 Å². The Morgan fingerprint density at radius 2 is 2.33 bits per heavy atom. The van der Waals surface area contributed by atoms with E-state index in [1.54, 1.807) is 0 Å². The molecule has 0 aliphatic heterocycles. The van der Waals surface area contributed by atoms with E-state index in [1.807, 2.05) is 13.8 Å². The molecule has 12 heavy (non-hydrogen) atoms. The van der Waals surface area contributed by atoms with E-state index >= 15 is 0 Å². The third kappa shape index (κ3) is 1.87. The number of carbonyl (C=O) groups is 1. The molecular weight excluding hydrogens is 152 g/mol. The maximum atomic E-state index is 11.5. The van der Waals surface area contributed by atoms with Gasteiger partial charge in [-0.05, 0) is 33.1 Å². The average Bonchev–Trinajstić information content (AvgIpc) is 2.06. The summed E-state index contributed by atoms with van der Waals surface area (Å²) in [5, 5.41) is 0. The summed E-state index contributed by atoms with van der Waals surface area (Å²) in [4.78, 5) is 11.5. The molecule has 0 spiro atoms. The molecular formula is C10H16O2. The molecule has 0 N–H and O–H groups in total. The van der Waals surface area contributed by atoms with Gasteiger partial charge < -0.3 is 4.74 Å². The third-order valence-corrected chi connectivity index (χ3v) is 2.37. The van der Waals surface area contributed by atoms with Crippen molar-refractivity contribution in [3.63, 3.8) is 0 Å². The lowest BCUT2D eigenvalue weighted by atomic mass is 9.79. The van der Waals surface area contributed by atoms with Gasteiger partial charge in [-0.25, -0.2) is 0 Å². The van der Waals surface area contributed by atoms with E-state index in [2.05, 4.69) is 12.2 Å². The Hall–Kier alpha value is -0.790. The van der Waals surface area contributed by atoms with Gasteiger partial charge >= 0.3 is 5.97 Å². The summed E-state index contributed by atoms with van der Waals surface area (Å²) in [5.41, 5.74) is -0.259. The Morgan fingerprint density at radius 1 is 1.58 bits per heavy atom. The Bertz CT molecular complexity index is 196. The highest BCUT2D eigenvalue weighted by Gasteiger charge is 2.33. The van der Waals surface area contributed by atoms with Gasteiger partial charge in [0.05, 0.1) is 12.0 Å². The molecule has 1 unspecified atom stereocenters. The number of ether oxygens (including phenoxy) is 1. The van der Waals surface area contributed by atoms with Crippen molar-refractivity contribution in [1.82, 2.24) is 0 Å². The number of hydrogen-bond donors (Lipinski definition) is 0. The van der Waals surface area contributed by atoms with Gasteiger partial charge in [0.15, 0.2) is 0 Å². The van der Waals surface area contributed by atoms with Crippen LogP contribution in [0.2, 0.25) is 0 Å². The van der Waals surface area contributed by atoms with Crippen molar-refractivity contribution in [2.75, 3.05) is 6.61 Å². The van der Waals surface area contributed by atoms with E-state index in [4.69, 9.17) is 4.74 Å². The predicted molar refractivity (Wildman–Crippen MR) is 47.7 cm³/mol. The highest BCUT2D eigenvalue weighted by atomic mass is 16.5. The zero-order valence-corrected chi connectivity index (χ0v) is 7.80. The second-order valence-corrected chi connectivity index (χ2v) is 3.50. The van der Waals surface area contributed by atoms with E-state index in [0.717, 1.165) is 19.3 Å². The minimum absolute atomic E-state index is 0.0469. The molecule has 1 atom stereocenters. The molecule has 0 heterocycles. The van der Waals surface area contributed by atoms with Gasteiger partial charge in [0.2, 0.25) is 0 Å². The van der Waals surface area contributed by atoms with Crippen LogP contribution in [0.5, 0.6) is 0 Å². The van der Waals surface area contributed by atoms with E-state index in [9.17, 15) is 4.79 Å². The molecule has 0 amide bonds. The first-order valence-corrected chi connectivity index (χ1v) is 4.51. The first kappa shape index (κ1) is 9.30. The number of hydrogen-bond acceptors (Lipinski definition) is 2. The fraction of sp³-hybridized carbons (Fsp3) is 0.700. The number of esters is 1. The Labute approximate surface area is 73.6 Å². The molecule has 0 aromatic rings. The predicted octanol–water partition coefficient (Wildman–Crippen LogP) is 2.30. The number of allylic oxidation sites excluding steroid dienone is 2. The van der Waals surface area contributed by atoms with Crippen LogP contribution >= 0.6 is 0 Å². The van der Waals surface area contributed by atoms with E-state index < -0.39 is 0 Å². The van der Waals surface area contributed by atoms with Crippen molar-refractivity contribution in [3.8, 4) is 0 Å². The summed E-state index contributed by atoms with van der Waals surface area (Å²) in [6.07, 6.45) is 6.94. The van der Waals surface area contributed by atoms with Crippen molar-refractivity contribution in [1.29, 1.82) is 0 Å². The third-order valence-electron chi connectivity index (χ3n) is 2.37. The maximum absolute atomic E-state index is 11.5. The second kappa shape index (κ2) is 3.74. The van der Waals surface area contributed by atoms with Crippen molar-refractivity contribution >= 4 is 5.97 Å². The molecule has 0 saturated heterocycles. The number of rotatable bonds is 2. The fourth-order valence-corrected chi connectivity index (χ4v) is 1.46. The standard InChI is InChI=1S/C10H16O2/c1-3-12-9(11)10(2)7-5-4-6-8-10/h4-5H,3,6-8H2,1-2H3. The Balaban J connectivity index is 2.58. The molecule has 2 nitrogen and oxygen atoms in total. The highest BCUT2D eigenvalue weighted by Crippen LogP contribution is 2.33. The molecule has 0 saturated carbocycles. The van der Waals surface area contributed by atoms with Crippen molar-refractivity contribution in [3.05, 3.63) is 12.2 Å². The van der Waals surface area contributed by atoms with Gasteiger partial charge in [-0.2, -0.15) is 0 Å². The van der Waals surface area contributed by atoms with Crippen LogP contribution in [0.15, 0.2) is 12.2 Å². The molecule has 1 aliphatic rings. The Morgan fingerprint density at radius 3 is 2.83 bits per heavy atom. The summed E-state index contributed by atoms with van der Waals surface area (Å²) < 4.78 is 5.01. The van der Waals surface area contributed by atoms with E-state index in [-0.39, 0.29) is 11.4 Å². The molecule has 0 bridgehead atoms. The first-order valence-electron chi connectivity index (χ1n) is 4.51. The summed E-state index contributed by atoms with van der Waals surface area (Å²) in [6, 6.07) is 0. The highest BCUT2D eigenvalue weighted by molar-refractivity contribution is 5.76. The minimum atomic E-state index is -0.259. The summed E-state index contributed by atoms with van der Waals surface area (Å²) >= 11 is 0. The van der Waals surface area contributed by atoms with Gasteiger partial charge in [-0.3, -0.25) is 4.79 Å². The van der Waals surface area contributed by atoms with Gasteiger partial charge in [-0.15, -0.1) is 0 Å². The van der Waals surface area contributed by atoms with Crippen LogP contribution in [-0.4, -0.2) is 12.6 Å².